The zero-order chi connectivity index (χ0) is 14.8. The third kappa shape index (κ3) is 3.28. The number of benzene rings is 1. The number of nitrogens with one attached hydrogen (secondary N) is 1. The second-order valence-corrected chi connectivity index (χ2v) is 7.56. The molecule has 6 nitrogen and oxygen atoms in total. The van der Waals surface area contributed by atoms with Crippen LogP contribution in [-0.4, -0.2) is 30.9 Å². The summed E-state index contributed by atoms with van der Waals surface area (Å²) >= 11 is 5.96. The SMILES string of the molecule is O=[N+]([O-])c1cccc(Cl)c1CNCC1CCCS1(=O)=O. The summed E-state index contributed by atoms with van der Waals surface area (Å²) in [6.45, 7) is 0.479. The van der Waals surface area contributed by atoms with Gasteiger partial charge in [-0.1, -0.05) is 17.7 Å². The Labute approximate surface area is 122 Å². The van der Waals surface area contributed by atoms with Crippen molar-refractivity contribution in [2.75, 3.05) is 12.3 Å². The van der Waals surface area contributed by atoms with Gasteiger partial charge in [0, 0.05) is 19.2 Å². The molecule has 1 aliphatic rings. The molecule has 1 saturated heterocycles. The highest BCUT2D eigenvalue weighted by Crippen LogP contribution is 2.26. The molecule has 0 amide bonds. The van der Waals surface area contributed by atoms with Gasteiger partial charge >= 0.3 is 0 Å². The van der Waals surface area contributed by atoms with Crippen molar-refractivity contribution in [3.05, 3.63) is 38.9 Å². The van der Waals surface area contributed by atoms with E-state index in [2.05, 4.69) is 5.32 Å². The largest absolute Gasteiger partial charge is 0.311 e. The number of hydrogen-bond donors (Lipinski definition) is 1. The van der Waals surface area contributed by atoms with Gasteiger partial charge < -0.3 is 5.32 Å². The zero-order valence-electron chi connectivity index (χ0n) is 10.7. The number of rotatable bonds is 5. The molecule has 1 heterocycles. The standard InChI is InChI=1S/C12H15ClN2O4S/c13-11-4-1-5-12(15(16)17)10(11)8-14-7-9-3-2-6-20(9,18)19/h1,4-5,9,14H,2-3,6-8H2. The van der Waals surface area contributed by atoms with Gasteiger partial charge in [-0.15, -0.1) is 0 Å². The Hall–Kier alpha value is -1.18. The molecule has 110 valence electrons. The highest BCUT2D eigenvalue weighted by molar-refractivity contribution is 7.92. The van der Waals surface area contributed by atoms with E-state index >= 15 is 0 Å². The van der Waals surface area contributed by atoms with Crippen LogP contribution >= 0.6 is 11.6 Å². The summed E-state index contributed by atoms with van der Waals surface area (Å²) in [4.78, 5) is 10.4. The number of halogens is 1. The molecule has 1 aliphatic heterocycles. The minimum Gasteiger partial charge on any atom is -0.311 e. The summed E-state index contributed by atoms with van der Waals surface area (Å²) in [5.74, 6) is 0.228. The van der Waals surface area contributed by atoms with Crippen LogP contribution in [0.5, 0.6) is 0 Å². The Balaban J connectivity index is 2.03. The summed E-state index contributed by atoms with van der Waals surface area (Å²) < 4.78 is 23.3. The van der Waals surface area contributed by atoms with Crippen LogP contribution in [-0.2, 0) is 16.4 Å². The van der Waals surface area contributed by atoms with E-state index in [1.807, 2.05) is 0 Å². The minimum atomic E-state index is -3.01. The van der Waals surface area contributed by atoms with E-state index in [4.69, 9.17) is 11.6 Å². The normalized spacial score (nSPS) is 20.9. The Morgan fingerprint density at radius 2 is 2.20 bits per heavy atom. The fourth-order valence-electron chi connectivity index (χ4n) is 2.34. The molecule has 8 heteroatoms. The lowest BCUT2D eigenvalue weighted by Gasteiger charge is -2.11. The van der Waals surface area contributed by atoms with Crippen molar-refractivity contribution in [2.24, 2.45) is 0 Å². The first kappa shape index (κ1) is 15.2. The first-order valence-corrected chi connectivity index (χ1v) is 8.35. The maximum Gasteiger partial charge on any atom is 0.275 e. The molecular formula is C12H15ClN2O4S. The first-order chi connectivity index (χ1) is 9.42. The van der Waals surface area contributed by atoms with Crippen LogP contribution < -0.4 is 5.32 Å². The molecule has 0 bridgehead atoms. The van der Waals surface area contributed by atoms with Crippen LogP contribution in [0, 0.1) is 10.1 Å². The number of nitro groups is 1. The summed E-state index contributed by atoms with van der Waals surface area (Å²) in [5, 5.41) is 13.8. The van der Waals surface area contributed by atoms with Crippen LogP contribution in [0.25, 0.3) is 0 Å². The lowest BCUT2D eigenvalue weighted by Crippen LogP contribution is -2.30. The van der Waals surface area contributed by atoms with Crippen molar-refractivity contribution in [3.63, 3.8) is 0 Å². The monoisotopic (exact) mass is 318 g/mol. The van der Waals surface area contributed by atoms with Crippen LogP contribution in [0.4, 0.5) is 5.69 Å². The average molecular weight is 319 g/mol. The molecule has 1 aromatic rings. The molecule has 1 fully saturated rings. The van der Waals surface area contributed by atoms with E-state index in [1.54, 1.807) is 6.07 Å². The highest BCUT2D eigenvalue weighted by Gasteiger charge is 2.30. The molecule has 0 saturated carbocycles. The Morgan fingerprint density at radius 3 is 2.80 bits per heavy atom. The Kier molecular flexibility index (Phi) is 4.62. The van der Waals surface area contributed by atoms with Gasteiger partial charge in [0.15, 0.2) is 9.84 Å². The Morgan fingerprint density at radius 1 is 1.45 bits per heavy atom. The summed E-state index contributed by atoms with van der Waals surface area (Å²) in [5.41, 5.74) is 0.328. The molecule has 0 spiro atoms. The Bertz CT molecular complexity index is 618. The van der Waals surface area contributed by atoms with Crippen molar-refractivity contribution in [2.45, 2.75) is 24.6 Å². The van der Waals surface area contributed by atoms with Crippen molar-refractivity contribution in [3.8, 4) is 0 Å². The minimum absolute atomic E-state index is 0.0562. The van der Waals surface area contributed by atoms with Crippen molar-refractivity contribution < 1.29 is 13.3 Å². The molecular weight excluding hydrogens is 304 g/mol. The van der Waals surface area contributed by atoms with Crippen LogP contribution in [0.2, 0.25) is 5.02 Å². The number of hydrogen-bond acceptors (Lipinski definition) is 5. The molecule has 0 aliphatic carbocycles. The van der Waals surface area contributed by atoms with E-state index < -0.39 is 20.0 Å². The molecule has 20 heavy (non-hydrogen) atoms. The quantitative estimate of drug-likeness (QED) is 0.661. The fraction of sp³-hybridized carbons (Fsp3) is 0.500. The van der Waals surface area contributed by atoms with Crippen molar-refractivity contribution >= 4 is 27.1 Å². The molecule has 2 rings (SSSR count). The van der Waals surface area contributed by atoms with E-state index in [-0.39, 0.29) is 18.0 Å². The first-order valence-electron chi connectivity index (χ1n) is 6.26. The summed E-state index contributed by atoms with van der Waals surface area (Å²) in [7, 11) is -3.01. The van der Waals surface area contributed by atoms with E-state index in [1.165, 1.54) is 12.1 Å². The zero-order valence-corrected chi connectivity index (χ0v) is 12.3. The summed E-state index contributed by atoms with van der Waals surface area (Å²) in [6, 6.07) is 4.48. The van der Waals surface area contributed by atoms with Gasteiger partial charge in [-0.25, -0.2) is 8.42 Å². The van der Waals surface area contributed by atoms with Gasteiger partial charge in [0.1, 0.15) is 0 Å². The molecule has 1 aromatic carbocycles. The number of sulfone groups is 1. The highest BCUT2D eigenvalue weighted by atomic mass is 35.5. The molecule has 0 radical (unpaired) electrons. The van der Waals surface area contributed by atoms with Crippen LogP contribution in [0.15, 0.2) is 18.2 Å². The maximum absolute atomic E-state index is 11.7. The van der Waals surface area contributed by atoms with Gasteiger partial charge in [-0.05, 0) is 18.9 Å². The van der Waals surface area contributed by atoms with Gasteiger partial charge in [0.2, 0.25) is 0 Å². The van der Waals surface area contributed by atoms with Crippen molar-refractivity contribution in [1.29, 1.82) is 0 Å². The van der Waals surface area contributed by atoms with Crippen molar-refractivity contribution in [1.82, 2.24) is 5.32 Å². The van der Waals surface area contributed by atoms with Gasteiger partial charge in [0.25, 0.3) is 5.69 Å². The summed E-state index contributed by atoms with van der Waals surface area (Å²) in [6.07, 6.45) is 1.32. The maximum atomic E-state index is 11.7. The van der Waals surface area contributed by atoms with Crippen LogP contribution in [0.3, 0.4) is 0 Å². The van der Waals surface area contributed by atoms with Gasteiger partial charge in [0.05, 0.1) is 26.5 Å². The molecule has 1 N–H and O–H groups in total. The second-order valence-electron chi connectivity index (χ2n) is 4.76. The predicted octanol–water partition coefficient (Wildman–Crippen LogP) is 1.92. The molecule has 1 atom stereocenters. The smallest absolute Gasteiger partial charge is 0.275 e. The van der Waals surface area contributed by atoms with Gasteiger partial charge in [-0.3, -0.25) is 10.1 Å². The van der Waals surface area contributed by atoms with Gasteiger partial charge in [-0.2, -0.15) is 0 Å². The van der Waals surface area contributed by atoms with E-state index in [0.29, 0.717) is 30.0 Å². The molecule has 0 aromatic heterocycles. The second kappa shape index (κ2) is 6.07. The van der Waals surface area contributed by atoms with E-state index in [0.717, 1.165) is 0 Å². The fourth-order valence-corrected chi connectivity index (χ4v) is 4.38. The topological polar surface area (TPSA) is 89.3 Å². The third-order valence-electron chi connectivity index (χ3n) is 3.43. The molecule has 1 unspecified atom stereocenters. The lowest BCUT2D eigenvalue weighted by molar-refractivity contribution is -0.385. The average Bonchev–Trinajstić information content (AvgIpc) is 2.70. The lowest BCUT2D eigenvalue weighted by atomic mass is 10.1. The third-order valence-corrected chi connectivity index (χ3v) is 6.06. The van der Waals surface area contributed by atoms with E-state index in [9.17, 15) is 18.5 Å². The number of nitro benzene ring substituents is 1. The van der Waals surface area contributed by atoms with Crippen LogP contribution in [0.1, 0.15) is 18.4 Å². The predicted molar refractivity (Wildman–Crippen MR) is 76.6 cm³/mol. The number of nitrogens with zero attached hydrogens (tertiary/aromatic N) is 1.